The summed E-state index contributed by atoms with van der Waals surface area (Å²) >= 11 is 0. The smallest absolute Gasteiger partial charge is 0.317 e. The van der Waals surface area contributed by atoms with Crippen molar-refractivity contribution in [2.75, 3.05) is 25.5 Å². The molecule has 0 spiro atoms. The van der Waals surface area contributed by atoms with E-state index in [1.807, 2.05) is 21.0 Å². The van der Waals surface area contributed by atoms with Gasteiger partial charge in [-0.3, -0.25) is 0 Å². The van der Waals surface area contributed by atoms with Crippen LogP contribution in [0.2, 0.25) is 0 Å². The molecule has 1 fully saturated rings. The van der Waals surface area contributed by atoms with Crippen LogP contribution in [0, 0.1) is 5.92 Å². The van der Waals surface area contributed by atoms with Gasteiger partial charge in [0.15, 0.2) is 0 Å². The van der Waals surface area contributed by atoms with Crippen molar-refractivity contribution in [3.05, 3.63) is 5.89 Å². The standard InChI is InChI=1S/C12H22N4O/c1-9(13-2)11-14-15-12(17-11)16(3)8-10-6-4-5-7-10/h9-10,13H,4-8H2,1-3H3. The zero-order valence-corrected chi connectivity index (χ0v) is 10.9. The van der Waals surface area contributed by atoms with Crippen LogP contribution < -0.4 is 10.2 Å². The molecule has 0 amide bonds. The van der Waals surface area contributed by atoms with Gasteiger partial charge in [0, 0.05) is 13.6 Å². The summed E-state index contributed by atoms with van der Waals surface area (Å²) in [5.41, 5.74) is 0. The Morgan fingerprint density at radius 2 is 2.12 bits per heavy atom. The van der Waals surface area contributed by atoms with Gasteiger partial charge in [0.2, 0.25) is 5.89 Å². The van der Waals surface area contributed by atoms with Gasteiger partial charge in [-0.2, -0.15) is 0 Å². The first kappa shape index (κ1) is 12.4. The molecule has 1 heterocycles. The summed E-state index contributed by atoms with van der Waals surface area (Å²) in [6.45, 7) is 3.03. The lowest BCUT2D eigenvalue weighted by molar-refractivity contribution is 0.425. The fraction of sp³-hybridized carbons (Fsp3) is 0.833. The van der Waals surface area contributed by atoms with E-state index in [2.05, 4.69) is 20.4 Å². The summed E-state index contributed by atoms with van der Waals surface area (Å²) in [7, 11) is 3.91. The summed E-state index contributed by atoms with van der Waals surface area (Å²) in [6, 6.07) is 0.741. The van der Waals surface area contributed by atoms with Crippen LogP contribution in [0.15, 0.2) is 4.42 Å². The average Bonchev–Trinajstić information content (AvgIpc) is 2.98. The van der Waals surface area contributed by atoms with Gasteiger partial charge in [-0.05, 0) is 32.7 Å². The fourth-order valence-electron chi connectivity index (χ4n) is 2.34. The van der Waals surface area contributed by atoms with Gasteiger partial charge in [-0.25, -0.2) is 0 Å². The first-order valence-corrected chi connectivity index (χ1v) is 6.42. The number of hydrogen-bond acceptors (Lipinski definition) is 5. The van der Waals surface area contributed by atoms with E-state index in [4.69, 9.17) is 4.42 Å². The van der Waals surface area contributed by atoms with Gasteiger partial charge in [0.25, 0.3) is 0 Å². The maximum Gasteiger partial charge on any atom is 0.317 e. The lowest BCUT2D eigenvalue weighted by atomic mass is 10.1. The summed E-state index contributed by atoms with van der Waals surface area (Å²) in [5.74, 6) is 1.44. The highest BCUT2D eigenvalue weighted by molar-refractivity contribution is 5.22. The summed E-state index contributed by atoms with van der Waals surface area (Å²) in [5, 5.41) is 11.3. The molecular weight excluding hydrogens is 216 g/mol. The van der Waals surface area contributed by atoms with Crippen molar-refractivity contribution in [2.24, 2.45) is 5.92 Å². The first-order valence-electron chi connectivity index (χ1n) is 6.42. The molecule has 0 aromatic carbocycles. The Labute approximate surface area is 103 Å². The predicted molar refractivity (Wildman–Crippen MR) is 67.0 cm³/mol. The molecule has 0 bridgehead atoms. The Bertz CT molecular complexity index is 346. The minimum Gasteiger partial charge on any atom is -0.406 e. The van der Waals surface area contributed by atoms with Crippen LogP contribution in [-0.4, -0.2) is 30.8 Å². The van der Waals surface area contributed by atoms with E-state index in [0.29, 0.717) is 11.9 Å². The second-order valence-corrected chi connectivity index (χ2v) is 4.96. The maximum atomic E-state index is 5.65. The van der Waals surface area contributed by atoms with Crippen LogP contribution >= 0.6 is 0 Å². The number of hydrogen-bond donors (Lipinski definition) is 1. The SMILES string of the molecule is CNC(C)c1nnc(N(C)CC2CCCC2)o1. The van der Waals surface area contributed by atoms with Crippen molar-refractivity contribution in [2.45, 2.75) is 38.6 Å². The number of rotatable bonds is 5. The van der Waals surface area contributed by atoms with Crippen molar-refractivity contribution in [1.29, 1.82) is 0 Å². The molecule has 1 aromatic heterocycles. The number of aromatic nitrogens is 2. The van der Waals surface area contributed by atoms with E-state index < -0.39 is 0 Å². The largest absolute Gasteiger partial charge is 0.406 e. The summed E-state index contributed by atoms with van der Waals surface area (Å²) in [6.07, 6.45) is 5.39. The van der Waals surface area contributed by atoms with Crippen LogP contribution in [0.25, 0.3) is 0 Å². The van der Waals surface area contributed by atoms with Crippen LogP contribution in [-0.2, 0) is 0 Å². The van der Waals surface area contributed by atoms with Crippen molar-refractivity contribution in [3.63, 3.8) is 0 Å². The maximum absolute atomic E-state index is 5.65. The third-order valence-corrected chi connectivity index (χ3v) is 3.57. The number of anilines is 1. The zero-order chi connectivity index (χ0) is 12.3. The van der Waals surface area contributed by atoms with Gasteiger partial charge in [-0.15, -0.1) is 5.10 Å². The van der Waals surface area contributed by atoms with Gasteiger partial charge in [-0.1, -0.05) is 17.9 Å². The van der Waals surface area contributed by atoms with E-state index >= 15 is 0 Å². The molecule has 0 aliphatic heterocycles. The van der Waals surface area contributed by atoms with Gasteiger partial charge >= 0.3 is 6.01 Å². The molecule has 5 nitrogen and oxygen atoms in total. The second kappa shape index (κ2) is 5.49. The van der Waals surface area contributed by atoms with Gasteiger partial charge in [0.1, 0.15) is 0 Å². The topological polar surface area (TPSA) is 54.2 Å². The molecule has 1 aromatic rings. The van der Waals surface area contributed by atoms with Crippen LogP contribution in [0.5, 0.6) is 0 Å². The third-order valence-electron chi connectivity index (χ3n) is 3.57. The zero-order valence-electron chi connectivity index (χ0n) is 10.9. The average molecular weight is 238 g/mol. The van der Waals surface area contributed by atoms with Crippen LogP contribution in [0.1, 0.15) is 44.5 Å². The van der Waals surface area contributed by atoms with Gasteiger partial charge < -0.3 is 14.6 Å². The molecule has 1 unspecified atom stereocenters. The molecule has 1 aliphatic rings. The molecule has 1 atom stereocenters. The fourth-order valence-corrected chi connectivity index (χ4v) is 2.34. The van der Waals surface area contributed by atoms with E-state index in [1.165, 1.54) is 25.7 Å². The second-order valence-electron chi connectivity index (χ2n) is 4.96. The third kappa shape index (κ3) is 2.97. The molecule has 0 radical (unpaired) electrons. The number of nitrogens with zero attached hydrogens (tertiary/aromatic N) is 3. The molecule has 1 saturated carbocycles. The Kier molecular flexibility index (Phi) is 3.99. The van der Waals surface area contributed by atoms with E-state index in [-0.39, 0.29) is 6.04 Å². The highest BCUT2D eigenvalue weighted by atomic mass is 16.4. The monoisotopic (exact) mass is 238 g/mol. The molecule has 1 aliphatic carbocycles. The lowest BCUT2D eigenvalue weighted by Gasteiger charge is -2.18. The highest BCUT2D eigenvalue weighted by Gasteiger charge is 2.20. The van der Waals surface area contributed by atoms with Crippen molar-refractivity contribution in [1.82, 2.24) is 15.5 Å². The minimum absolute atomic E-state index is 0.108. The molecule has 96 valence electrons. The summed E-state index contributed by atoms with van der Waals surface area (Å²) in [4.78, 5) is 2.08. The molecule has 0 saturated heterocycles. The Balaban J connectivity index is 1.94. The molecule has 17 heavy (non-hydrogen) atoms. The molecule has 2 rings (SSSR count). The van der Waals surface area contributed by atoms with E-state index in [9.17, 15) is 0 Å². The van der Waals surface area contributed by atoms with E-state index in [0.717, 1.165) is 12.5 Å². The Hall–Kier alpha value is -1.10. The summed E-state index contributed by atoms with van der Waals surface area (Å²) < 4.78 is 5.65. The minimum atomic E-state index is 0.108. The van der Waals surface area contributed by atoms with Crippen molar-refractivity contribution >= 4 is 6.01 Å². The lowest BCUT2D eigenvalue weighted by Crippen LogP contribution is -2.24. The Morgan fingerprint density at radius 1 is 1.41 bits per heavy atom. The van der Waals surface area contributed by atoms with E-state index in [1.54, 1.807) is 0 Å². The van der Waals surface area contributed by atoms with Crippen molar-refractivity contribution in [3.8, 4) is 0 Å². The Morgan fingerprint density at radius 3 is 2.76 bits per heavy atom. The normalized spacial score (nSPS) is 18.5. The molecular formula is C12H22N4O. The molecule has 5 heteroatoms. The van der Waals surface area contributed by atoms with Crippen molar-refractivity contribution < 1.29 is 4.42 Å². The highest BCUT2D eigenvalue weighted by Crippen LogP contribution is 2.26. The van der Waals surface area contributed by atoms with Gasteiger partial charge in [0.05, 0.1) is 6.04 Å². The molecule has 1 N–H and O–H groups in total. The number of nitrogens with one attached hydrogen (secondary N) is 1. The van der Waals surface area contributed by atoms with Crippen LogP contribution in [0.4, 0.5) is 6.01 Å². The first-order chi connectivity index (χ1) is 8.20. The quantitative estimate of drug-likeness (QED) is 0.850. The van der Waals surface area contributed by atoms with Crippen LogP contribution in [0.3, 0.4) is 0 Å². The predicted octanol–water partition coefficient (Wildman–Crippen LogP) is 1.98.